The van der Waals surface area contributed by atoms with Crippen molar-refractivity contribution in [1.29, 1.82) is 0 Å². The third-order valence-electron chi connectivity index (χ3n) is 4.66. The standard InChI is InChI=1S/C20H30N2O4/c1-14-12-17(26-6)15(13-16(14)25-5)18(23)21-8-7-9-22(11-10-21)19(24)20(2,3)4/h12-13H,7-11H2,1-6H3. The number of carbonyl (C=O) groups is 2. The van der Waals surface area contributed by atoms with Gasteiger partial charge in [-0.2, -0.15) is 0 Å². The van der Waals surface area contributed by atoms with Crippen LogP contribution in [0.5, 0.6) is 11.5 Å². The van der Waals surface area contributed by atoms with Gasteiger partial charge in [-0.1, -0.05) is 20.8 Å². The van der Waals surface area contributed by atoms with Crippen molar-refractivity contribution in [3.63, 3.8) is 0 Å². The Bertz CT molecular complexity index is 679. The summed E-state index contributed by atoms with van der Waals surface area (Å²) in [6.07, 6.45) is 0.763. The number of rotatable bonds is 3. The van der Waals surface area contributed by atoms with Crippen LogP contribution in [0.1, 0.15) is 43.1 Å². The zero-order valence-electron chi connectivity index (χ0n) is 16.7. The van der Waals surface area contributed by atoms with Crippen LogP contribution in [0.25, 0.3) is 0 Å². The fraction of sp³-hybridized carbons (Fsp3) is 0.600. The van der Waals surface area contributed by atoms with Gasteiger partial charge >= 0.3 is 0 Å². The first-order valence-corrected chi connectivity index (χ1v) is 9.00. The fourth-order valence-corrected chi connectivity index (χ4v) is 3.19. The molecule has 1 aliphatic heterocycles. The zero-order valence-corrected chi connectivity index (χ0v) is 16.7. The number of methoxy groups -OCH3 is 2. The quantitative estimate of drug-likeness (QED) is 0.830. The largest absolute Gasteiger partial charge is 0.496 e. The number of ether oxygens (including phenoxy) is 2. The number of hydrogen-bond acceptors (Lipinski definition) is 4. The minimum Gasteiger partial charge on any atom is -0.496 e. The maximum absolute atomic E-state index is 13.1. The first kappa shape index (κ1) is 20.1. The Morgan fingerprint density at radius 1 is 0.923 bits per heavy atom. The molecule has 1 saturated heterocycles. The number of carbonyl (C=O) groups excluding carboxylic acids is 2. The lowest BCUT2D eigenvalue weighted by Crippen LogP contribution is -2.42. The number of aryl methyl sites for hydroxylation is 1. The van der Waals surface area contributed by atoms with Gasteiger partial charge in [-0.15, -0.1) is 0 Å². The predicted molar refractivity (Wildman–Crippen MR) is 101 cm³/mol. The molecule has 26 heavy (non-hydrogen) atoms. The Balaban J connectivity index is 2.19. The van der Waals surface area contributed by atoms with Crippen LogP contribution in [-0.2, 0) is 4.79 Å². The second kappa shape index (κ2) is 7.98. The third kappa shape index (κ3) is 4.29. The van der Waals surface area contributed by atoms with Crippen molar-refractivity contribution in [2.45, 2.75) is 34.1 Å². The van der Waals surface area contributed by atoms with Crippen molar-refractivity contribution in [1.82, 2.24) is 9.80 Å². The molecule has 2 amide bonds. The topological polar surface area (TPSA) is 59.1 Å². The fourth-order valence-electron chi connectivity index (χ4n) is 3.19. The Morgan fingerprint density at radius 2 is 1.50 bits per heavy atom. The van der Waals surface area contributed by atoms with Gasteiger partial charge in [0, 0.05) is 31.6 Å². The maximum atomic E-state index is 13.1. The third-order valence-corrected chi connectivity index (χ3v) is 4.66. The lowest BCUT2D eigenvalue weighted by atomic mass is 9.94. The molecule has 2 rings (SSSR count). The monoisotopic (exact) mass is 362 g/mol. The highest BCUT2D eigenvalue weighted by Gasteiger charge is 2.30. The highest BCUT2D eigenvalue weighted by Crippen LogP contribution is 2.29. The molecule has 6 heteroatoms. The minimum atomic E-state index is -0.410. The molecule has 0 aliphatic carbocycles. The van der Waals surface area contributed by atoms with Crippen LogP contribution in [0.15, 0.2) is 12.1 Å². The summed E-state index contributed by atoms with van der Waals surface area (Å²) < 4.78 is 10.8. The lowest BCUT2D eigenvalue weighted by Gasteiger charge is -2.28. The molecule has 6 nitrogen and oxygen atoms in total. The molecule has 0 spiro atoms. The van der Waals surface area contributed by atoms with Gasteiger partial charge in [-0.25, -0.2) is 0 Å². The van der Waals surface area contributed by atoms with Gasteiger partial charge in [-0.05, 0) is 31.0 Å². The van der Waals surface area contributed by atoms with Crippen LogP contribution < -0.4 is 9.47 Å². The molecule has 1 aromatic rings. The first-order chi connectivity index (χ1) is 12.2. The van der Waals surface area contributed by atoms with Gasteiger partial charge in [0.1, 0.15) is 11.5 Å². The molecule has 0 N–H and O–H groups in total. The van der Waals surface area contributed by atoms with Crippen LogP contribution in [0.3, 0.4) is 0 Å². The molecule has 0 radical (unpaired) electrons. The van der Waals surface area contributed by atoms with E-state index in [0.717, 1.165) is 12.0 Å². The molecule has 0 saturated carbocycles. The molecular formula is C20H30N2O4. The van der Waals surface area contributed by atoms with Crippen molar-refractivity contribution >= 4 is 11.8 Å². The highest BCUT2D eigenvalue weighted by atomic mass is 16.5. The molecule has 1 heterocycles. The molecule has 1 fully saturated rings. The Kier molecular flexibility index (Phi) is 6.16. The van der Waals surface area contributed by atoms with Crippen molar-refractivity contribution in [2.75, 3.05) is 40.4 Å². The van der Waals surface area contributed by atoms with Crippen molar-refractivity contribution in [3.8, 4) is 11.5 Å². The van der Waals surface area contributed by atoms with Crippen LogP contribution >= 0.6 is 0 Å². The number of benzene rings is 1. The summed E-state index contributed by atoms with van der Waals surface area (Å²) >= 11 is 0. The van der Waals surface area contributed by atoms with Crippen LogP contribution in [0.4, 0.5) is 0 Å². The molecule has 1 aromatic carbocycles. The van der Waals surface area contributed by atoms with Crippen LogP contribution in [0.2, 0.25) is 0 Å². The Hall–Kier alpha value is -2.24. The van der Waals surface area contributed by atoms with E-state index in [2.05, 4.69) is 0 Å². The highest BCUT2D eigenvalue weighted by molar-refractivity contribution is 5.97. The summed E-state index contributed by atoms with van der Waals surface area (Å²) in [6, 6.07) is 3.55. The van der Waals surface area contributed by atoms with Gasteiger partial charge < -0.3 is 19.3 Å². The summed E-state index contributed by atoms with van der Waals surface area (Å²) in [4.78, 5) is 29.3. The number of nitrogens with zero attached hydrogens (tertiary/aromatic N) is 2. The molecule has 1 aliphatic rings. The van der Waals surface area contributed by atoms with Crippen molar-refractivity contribution in [3.05, 3.63) is 23.3 Å². The predicted octanol–water partition coefficient (Wildman–Crippen LogP) is 2.73. The zero-order chi connectivity index (χ0) is 19.5. The van der Waals surface area contributed by atoms with E-state index >= 15 is 0 Å². The number of hydrogen-bond donors (Lipinski definition) is 0. The summed E-state index contributed by atoms with van der Waals surface area (Å²) in [5, 5.41) is 0. The molecule has 0 bridgehead atoms. The van der Waals surface area contributed by atoms with Crippen LogP contribution in [-0.4, -0.2) is 62.0 Å². The molecule has 144 valence electrons. The Morgan fingerprint density at radius 3 is 2.08 bits per heavy atom. The average molecular weight is 362 g/mol. The summed E-state index contributed by atoms with van der Waals surface area (Å²) in [5.41, 5.74) is 0.997. The normalized spacial score (nSPS) is 15.5. The second-order valence-electron chi connectivity index (χ2n) is 7.71. The SMILES string of the molecule is COc1cc(C(=O)N2CCCN(C(=O)C(C)(C)C)CC2)c(OC)cc1C. The van der Waals surface area contributed by atoms with Gasteiger partial charge in [0.15, 0.2) is 0 Å². The van der Waals surface area contributed by atoms with E-state index in [1.807, 2.05) is 38.7 Å². The summed E-state index contributed by atoms with van der Waals surface area (Å²) in [6.45, 7) is 10.0. The van der Waals surface area contributed by atoms with Gasteiger partial charge in [0.25, 0.3) is 5.91 Å². The number of amides is 2. The summed E-state index contributed by atoms with van der Waals surface area (Å²) in [7, 11) is 3.15. The summed E-state index contributed by atoms with van der Waals surface area (Å²) in [5.74, 6) is 1.24. The van der Waals surface area contributed by atoms with Crippen molar-refractivity contribution < 1.29 is 19.1 Å². The maximum Gasteiger partial charge on any atom is 0.257 e. The van der Waals surface area contributed by atoms with Gasteiger partial charge in [-0.3, -0.25) is 9.59 Å². The van der Waals surface area contributed by atoms with E-state index in [-0.39, 0.29) is 11.8 Å². The van der Waals surface area contributed by atoms with E-state index in [4.69, 9.17) is 9.47 Å². The van der Waals surface area contributed by atoms with E-state index in [0.29, 0.717) is 43.2 Å². The van der Waals surface area contributed by atoms with Crippen LogP contribution in [0, 0.1) is 12.3 Å². The minimum absolute atomic E-state index is 0.0924. The molecule has 0 atom stereocenters. The molecule has 0 unspecified atom stereocenters. The second-order valence-corrected chi connectivity index (χ2v) is 7.71. The van der Waals surface area contributed by atoms with Gasteiger partial charge in [0.2, 0.25) is 5.91 Å². The molecular weight excluding hydrogens is 332 g/mol. The van der Waals surface area contributed by atoms with Crippen molar-refractivity contribution in [2.24, 2.45) is 5.41 Å². The van der Waals surface area contributed by atoms with E-state index in [1.54, 1.807) is 25.2 Å². The van der Waals surface area contributed by atoms with E-state index in [9.17, 15) is 9.59 Å². The van der Waals surface area contributed by atoms with Gasteiger partial charge in [0.05, 0.1) is 19.8 Å². The smallest absolute Gasteiger partial charge is 0.257 e. The molecule has 0 aromatic heterocycles. The first-order valence-electron chi connectivity index (χ1n) is 9.00. The average Bonchev–Trinajstić information content (AvgIpc) is 2.85. The lowest BCUT2D eigenvalue weighted by molar-refractivity contribution is -0.139. The van der Waals surface area contributed by atoms with E-state index < -0.39 is 5.41 Å². The van der Waals surface area contributed by atoms with E-state index in [1.165, 1.54) is 0 Å². The Labute approximate surface area is 156 Å².